The van der Waals surface area contributed by atoms with Crippen molar-refractivity contribution in [3.63, 3.8) is 0 Å². The number of hydrogen-bond acceptors (Lipinski definition) is 7. The van der Waals surface area contributed by atoms with E-state index in [1.807, 2.05) is 0 Å². The van der Waals surface area contributed by atoms with E-state index in [0.717, 1.165) is 0 Å². The molecule has 7 nitrogen and oxygen atoms in total. The van der Waals surface area contributed by atoms with Gasteiger partial charge in [0.2, 0.25) is 0 Å². The molecule has 0 bridgehead atoms. The average Bonchev–Trinajstić information content (AvgIpc) is 2.61. The maximum Gasteiger partial charge on any atom is 0.357 e. The maximum absolute atomic E-state index is 13.4. The third-order valence-electron chi connectivity index (χ3n) is 3.42. The highest BCUT2D eigenvalue weighted by molar-refractivity contribution is 7.54. The van der Waals surface area contributed by atoms with Crippen molar-refractivity contribution in [2.24, 2.45) is 0 Å². The Balaban J connectivity index is 2.49. The van der Waals surface area contributed by atoms with Crippen molar-refractivity contribution in [2.45, 2.75) is 19.6 Å². The van der Waals surface area contributed by atoms with Gasteiger partial charge in [-0.15, -0.1) is 0 Å². The summed E-state index contributed by atoms with van der Waals surface area (Å²) >= 11 is 0. The molecule has 0 amide bonds. The summed E-state index contributed by atoms with van der Waals surface area (Å²) in [5.41, 5.74) is 1.27. The molecule has 2 rings (SSSR count). The second-order valence-electron chi connectivity index (χ2n) is 5.10. The quantitative estimate of drug-likeness (QED) is 0.644. The lowest BCUT2D eigenvalue weighted by Gasteiger charge is -2.28. The molecule has 0 fully saturated rings. The van der Waals surface area contributed by atoms with Crippen LogP contribution in [0.2, 0.25) is 0 Å². The summed E-state index contributed by atoms with van der Waals surface area (Å²) < 4.78 is 29.5. The molecule has 8 heteroatoms. The van der Waals surface area contributed by atoms with Gasteiger partial charge in [0, 0.05) is 12.4 Å². The van der Waals surface area contributed by atoms with Gasteiger partial charge in [-0.25, -0.2) is 0 Å². The first-order valence-electron chi connectivity index (χ1n) is 7.96. The molecule has 0 saturated heterocycles. The summed E-state index contributed by atoms with van der Waals surface area (Å²) in [7, 11) is -2.09. The van der Waals surface area contributed by atoms with Crippen LogP contribution in [-0.4, -0.2) is 30.4 Å². The number of ether oxygens (including phenoxy) is 1. The average molecular weight is 366 g/mol. The minimum atomic E-state index is -3.54. The Labute approximate surface area is 147 Å². The lowest BCUT2D eigenvalue weighted by molar-refractivity contribution is 0.214. The van der Waals surface area contributed by atoms with Crippen LogP contribution in [0.1, 0.15) is 25.2 Å². The van der Waals surface area contributed by atoms with Gasteiger partial charge in [-0.3, -0.25) is 9.55 Å². The Bertz CT molecular complexity index is 716. The monoisotopic (exact) mass is 366 g/mol. The maximum atomic E-state index is 13.4. The zero-order chi connectivity index (χ0) is 18.3. The number of pyridine rings is 1. The normalized spacial score (nSPS) is 12.6. The van der Waals surface area contributed by atoms with Crippen LogP contribution in [0.3, 0.4) is 0 Å². The number of aromatic hydroxyl groups is 1. The van der Waals surface area contributed by atoms with Gasteiger partial charge >= 0.3 is 7.60 Å². The van der Waals surface area contributed by atoms with Crippen LogP contribution >= 0.6 is 7.60 Å². The SMILES string of the molecule is CCOP(=O)(OCC)C(Nc1cccnc1)c1ccc(O)c(OC)c1. The Morgan fingerprint density at radius 2 is 1.96 bits per heavy atom. The lowest BCUT2D eigenvalue weighted by atomic mass is 10.2. The van der Waals surface area contributed by atoms with Crippen molar-refractivity contribution < 1.29 is 23.5 Å². The van der Waals surface area contributed by atoms with Crippen molar-refractivity contribution >= 4 is 13.3 Å². The third-order valence-corrected chi connectivity index (χ3v) is 5.71. The number of methoxy groups -OCH3 is 1. The van der Waals surface area contributed by atoms with Gasteiger partial charge in [-0.2, -0.15) is 0 Å². The Morgan fingerprint density at radius 3 is 2.52 bits per heavy atom. The molecule has 2 N–H and O–H groups in total. The molecule has 136 valence electrons. The van der Waals surface area contributed by atoms with Crippen LogP contribution in [0.4, 0.5) is 5.69 Å². The summed E-state index contributed by atoms with van der Waals surface area (Å²) in [4.78, 5) is 4.05. The largest absolute Gasteiger partial charge is 0.504 e. The first kappa shape index (κ1) is 19.2. The zero-order valence-corrected chi connectivity index (χ0v) is 15.4. The number of aromatic nitrogens is 1. The van der Waals surface area contributed by atoms with Gasteiger partial charge < -0.3 is 24.2 Å². The van der Waals surface area contributed by atoms with Gasteiger partial charge in [0.1, 0.15) is 0 Å². The van der Waals surface area contributed by atoms with E-state index in [0.29, 0.717) is 11.3 Å². The minimum absolute atomic E-state index is 0.00553. The van der Waals surface area contributed by atoms with Crippen LogP contribution in [0.5, 0.6) is 11.5 Å². The number of hydrogen-bond donors (Lipinski definition) is 2. The fourth-order valence-corrected chi connectivity index (χ4v) is 4.29. The molecule has 0 aliphatic rings. The fourth-order valence-electron chi connectivity index (χ4n) is 2.36. The van der Waals surface area contributed by atoms with Crippen molar-refractivity contribution in [3.05, 3.63) is 48.3 Å². The zero-order valence-electron chi connectivity index (χ0n) is 14.5. The number of phenols is 1. The van der Waals surface area contributed by atoms with E-state index in [4.69, 9.17) is 13.8 Å². The van der Waals surface area contributed by atoms with Gasteiger partial charge in [0.05, 0.1) is 26.0 Å². The van der Waals surface area contributed by atoms with Crippen LogP contribution < -0.4 is 10.1 Å². The number of nitrogens with one attached hydrogen (secondary N) is 1. The van der Waals surface area contributed by atoms with Gasteiger partial charge in [-0.05, 0) is 43.7 Å². The lowest BCUT2D eigenvalue weighted by Crippen LogP contribution is -2.15. The summed E-state index contributed by atoms with van der Waals surface area (Å²) in [6.07, 6.45) is 3.27. The molecular weight excluding hydrogens is 343 g/mol. The Morgan fingerprint density at radius 1 is 1.24 bits per heavy atom. The number of rotatable bonds is 9. The summed E-state index contributed by atoms with van der Waals surface area (Å²) in [6, 6.07) is 8.31. The van der Waals surface area contributed by atoms with Gasteiger partial charge in [0.15, 0.2) is 17.3 Å². The van der Waals surface area contributed by atoms with Gasteiger partial charge in [-0.1, -0.05) is 6.07 Å². The number of phenolic OH excluding ortho intramolecular Hbond substituents is 1. The molecule has 1 atom stereocenters. The molecule has 1 aromatic heterocycles. The topological polar surface area (TPSA) is 89.9 Å². The predicted molar refractivity (Wildman–Crippen MR) is 96.1 cm³/mol. The van der Waals surface area contributed by atoms with Crippen molar-refractivity contribution in [1.82, 2.24) is 4.98 Å². The second kappa shape index (κ2) is 8.85. The highest BCUT2D eigenvalue weighted by atomic mass is 31.2. The molecule has 1 heterocycles. The summed E-state index contributed by atoms with van der Waals surface area (Å²) in [5, 5.41) is 13.0. The van der Waals surface area contributed by atoms with Crippen LogP contribution in [0.15, 0.2) is 42.7 Å². The molecule has 0 aliphatic heterocycles. The Kier molecular flexibility index (Phi) is 6.82. The number of benzene rings is 1. The van der Waals surface area contributed by atoms with Crippen LogP contribution in [0, 0.1) is 0 Å². The highest BCUT2D eigenvalue weighted by Gasteiger charge is 2.37. The highest BCUT2D eigenvalue weighted by Crippen LogP contribution is 2.61. The molecular formula is C17H23N2O5P. The minimum Gasteiger partial charge on any atom is -0.504 e. The van der Waals surface area contributed by atoms with Crippen molar-refractivity contribution in [3.8, 4) is 11.5 Å². The first-order chi connectivity index (χ1) is 12.0. The van der Waals surface area contributed by atoms with Crippen molar-refractivity contribution in [2.75, 3.05) is 25.6 Å². The van der Waals surface area contributed by atoms with E-state index in [-0.39, 0.29) is 24.7 Å². The first-order valence-corrected chi connectivity index (χ1v) is 9.57. The van der Waals surface area contributed by atoms with E-state index in [1.165, 1.54) is 13.2 Å². The molecule has 0 radical (unpaired) electrons. The molecule has 1 aromatic carbocycles. The van der Waals surface area contributed by atoms with Crippen LogP contribution in [0.25, 0.3) is 0 Å². The summed E-state index contributed by atoms with van der Waals surface area (Å²) in [5.74, 6) is -0.518. The molecule has 0 saturated carbocycles. The molecule has 2 aromatic rings. The number of nitrogens with zero attached hydrogens (tertiary/aromatic N) is 1. The standard InChI is InChI=1S/C17H23N2O5P/c1-4-23-25(21,24-5-2)17(19-14-7-6-10-18-12-14)13-8-9-15(20)16(11-13)22-3/h6-12,17,19-20H,4-5H2,1-3H3. The molecule has 0 spiro atoms. The second-order valence-corrected chi connectivity index (χ2v) is 7.21. The molecule has 1 unspecified atom stereocenters. The predicted octanol–water partition coefficient (Wildman–Crippen LogP) is 4.17. The molecule has 25 heavy (non-hydrogen) atoms. The fraction of sp³-hybridized carbons (Fsp3) is 0.353. The van der Waals surface area contributed by atoms with Gasteiger partial charge in [0.25, 0.3) is 0 Å². The molecule has 0 aliphatic carbocycles. The van der Waals surface area contributed by atoms with E-state index in [9.17, 15) is 9.67 Å². The van der Waals surface area contributed by atoms with E-state index < -0.39 is 13.4 Å². The summed E-state index contributed by atoms with van der Waals surface area (Å²) in [6.45, 7) is 3.98. The van der Waals surface area contributed by atoms with Crippen molar-refractivity contribution in [1.29, 1.82) is 0 Å². The Hall–Kier alpha value is -2.08. The van der Waals surface area contributed by atoms with Crippen LogP contribution in [-0.2, 0) is 13.6 Å². The van der Waals surface area contributed by atoms with E-state index >= 15 is 0 Å². The van der Waals surface area contributed by atoms with E-state index in [2.05, 4.69) is 10.3 Å². The third kappa shape index (κ3) is 4.72. The number of anilines is 1. The smallest absolute Gasteiger partial charge is 0.357 e. The van der Waals surface area contributed by atoms with E-state index in [1.54, 1.807) is 50.5 Å².